The minimum atomic E-state index is -0.888. The fourth-order valence-electron chi connectivity index (χ4n) is 7.75. The van der Waals surface area contributed by atoms with Gasteiger partial charge in [-0.25, -0.2) is 13.6 Å². The molecule has 4 aromatic rings. The van der Waals surface area contributed by atoms with Gasteiger partial charge in [0.05, 0.1) is 32.9 Å². The average Bonchev–Trinajstić information content (AvgIpc) is 3.78. The van der Waals surface area contributed by atoms with E-state index in [9.17, 15) is 14.0 Å². The van der Waals surface area contributed by atoms with Crippen molar-refractivity contribution in [2.75, 3.05) is 43.4 Å². The van der Waals surface area contributed by atoms with Crippen molar-refractivity contribution in [2.45, 2.75) is 63.3 Å². The Kier molecular flexibility index (Phi) is 7.47. The second kappa shape index (κ2) is 11.4. The molecule has 4 atom stereocenters. The van der Waals surface area contributed by atoms with Crippen molar-refractivity contribution in [1.29, 1.82) is 5.26 Å². The molecule has 45 heavy (non-hydrogen) atoms. The van der Waals surface area contributed by atoms with E-state index in [1.165, 1.54) is 6.07 Å². The number of fused-ring (bicyclic) bond motifs is 3. The fraction of sp³-hybridized carbons (Fsp3) is 0.455. The lowest BCUT2D eigenvalue weighted by Crippen LogP contribution is -2.44. The summed E-state index contributed by atoms with van der Waals surface area (Å²) in [5.74, 6) is 0.197. The Labute approximate surface area is 264 Å². The number of nitrogens with zero attached hydrogens (tertiary/aromatic N) is 6. The van der Waals surface area contributed by atoms with E-state index < -0.39 is 12.0 Å². The molecule has 0 radical (unpaired) electrons. The number of ether oxygens (including phenoxy) is 1. The van der Waals surface area contributed by atoms with Gasteiger partial charge < -0.3 is 20.7 Å². The van der Waals surface area contributed by atoms with Gasteiger partial charge in [0.1, 0.15) is 30.5 Å². The number of alkyl halides is 1. The lowest BCUT2D eigenvalue weighted by Gasteiger charge is -2.33. The van der Waals surface area contributed by atoms with Crippen molar-refractivity contribution in [3.8, 4) is 23.2 Å². The normalized spacial score (nSPS) is 24.6. The highest BCUT2D eigenvalue weighted by Crippen LogP contribution is 2.48. The van der Waals surface area contributed by atoms with Crippen molar-refractivity contribution >= 4 is 48.8 Å². The zero-order valence-electron chi connectivity index (χ0n) is 25.2. The van der Waals surface area contributed by atoms with E-state index in [2.05, 4.69) is 39.9 Å². The predicted molar refractivity (Wildman–Crippen MR) is 173 cm³/mol. The van der Waals surface area contributed by atoms with E-state index in [1.807, 2.05) is 12.1 Å². The van der Waals surface area contributed by atoms with Crippen molar-refractivity contribution in [2.24, 2.45) is 0 Å². The van der Waals surface area contributed by atoms with E-state index in [4.69, 9.17) is 27.0 Å². The second-order valence-electron chi connectivity index (χ2n) is 12.3. The number of nitrogen functional groups attached to an aromatic ring is 1. The zero-order valence-corrected chi connectivity index (χ0v) is 26.1. The number of thiophene rings is 1. The first-order valence-corrected chi connectivity index (χ1v) is 16.2. The molecule has 0 aliphatic carbocycles. The molecular weight excluding hydrogens is 594 g/mol. The lowest BCUT2D eigenvalue weighted by atomic mass is 9.94. The highest BCUT2D eigenvalue weighted by atomic mass is 32.1. The van der Waals surface area contributed by atoms with E-state index >= 15 is 0 Å². The summed E-state index contributed by atoms with van der Waals surface area (Å²) in [7, 11) is 0. The molecule has 0 unspecified atom stereocenters. The minimum absolute atomic E-state index is 0.137. The number of rotatable bonds is 7. The zero-order chi connectivity index (χ0) is 31.5. The third-order valence-electron chi connectivity index (χ3n) is 9.86. The Bertz CT molecular complexity index is 1900. The molecule has 5 heterocycles. The number of nitrogens with one attached hydrogen (secondary N) is 1. The lowest BCUT2D eigenvalue weighted by molar-refractivity contribution is 0.107. The molecule has 0 amide bonds. The maximum Gasteiger partial charge on any atom is 0.319 e. The quantitative estimate of drug-likeness (QED) is 0.234. The van der Waals surface area contributed by atoms with Crippen LogP contribution in [-0.2, 0) is 0 Å². The van der Waals surface area contributed by atoms with Gasteiger partial charge in [-0.15, -0.1) is 11.3 Å². The number of aromatic nitrogens is 2. The Morgan fingerprint density at radius 3 is 2.87 bits per heavy atom. The SMILES string of the molecule is [C-]#[N+]c1c(N)sc2c(F)ccc(-c3ccc4c(N(CC)[C@@H]5CCN[C@@H]5C)nc(OC[C@@]56CCCN5C[C@H](F)C6)nc4c3C#N)c12. The van der Waals surface area contributed by atoms with Gasteiger partial charge >= 0.3 is 6.01 Å². The summed E-state index contributed by atoms with van der Waals surface area (Å²) in [6.07, 6.45) is 2.30. The summed E-state index contributed by atoms with van der Waals surface area (Å²) in [5.41, 5.74) is 7.64. The van der Waals surface area contributed by atoms with Crippen LogP contribution in [0.3, 0.4) is 0 Å². The number of hydrogen-bond donors (Lipinski definition) is 2. The monoisotopic (exact) mass is 628 g/mol. The number of hydrogen-bond acceptors (Lipinski definition) is 9. The number of likely N-dealkylation sites (N-methyl/N-ethyl adjacent to an activating group) is 1. The van der Waals surface area contributed by atoms with Crippen LogP contribution in [0.25, 0.3) is 37.0 Å². The molecule has 3 fully saturated rings. The summed E-state index contributed by atoms with van der Waals surface area (Å²) in [4.78, 5) is 17.8. The smallest absolute Gasteiger partial charge is 0.319 e. The van der Waals surface area contributed by atoms with Gasteiger partial charge in [0, 0.05) is 47.9 Å². The molecule has 2 aromatic heterocycles. The third-order valence-corrected chi connectivity index (χ3v) is 10.9. The molecule has 3 aliphatic heterocycles. The highest BCUT2D eigenvalue weighted by Gasteiger charge is 2.49. The van der Waals surface area contributed by atoms with Gasteiger partial charge in [-0.1, -0.05) is 12.1 Å². The second-order valence-corrected chi connectivity index (χ2v) is 13.4. The molecule has 7 rings (SSSR count). The Morgan fingerprint density at radius 2 is 2.13 bits per heavy atom. The first kappa shape index (κ1) is 29.6. The summed E-state index contributed by atoms with van der Waals surface area (Å²) in [5, 5.41) is 15.5. The van der Waals surface area contributed by atoms with E-state index in [0.717, 1.165) is 43.7 Å². The van der Waals surface area contributed by atoms with Crippen LogP contribution in [0.5, 0.6) is 6.01 Å². The van der Waals surface area contributed by atoms with Crippen LogP contribution in [0.15, 0.2) is 24.3 Å². The summed E-state index contributed by atoms with van der Waals surface area (Å²) >= 11 is 1.02. The van der Waals surface area contributed by atoms with Crippen molar-refractivity contribution < 1.29 is 13.5 Å². The van der Waals surface area contributed by atoms with E-state index in [0.29, 0.717) is 52.7 Å². The van der Waals surface area contributed by atoms with Gasteiger partial charge in [-0.3, -0.25) is 4.90 Å². The highest BCUT2D eigenvalue weighted by molar-refractivity contribution is 7.23. The van der Waals surface area contributed by atoms with Crippen LogP contribution in [0.1, 0.15) is 45.1 Å². The van der Waals surface area contributed by atoms with Gasteiger partial charge in [0.15, 0.2) is 0 Å². The molecule has 2 aromatic carbocycles. The molecule has 0 saturated carbocycles. The summed E-state index contributed by atoms with van der Waals surface area (Å²) in [6, 6.07) is 9.53. The molecule has 232 valence electrons. The van der Waals surface area contributed by atoms with Crippen LogP contribution in [0.4, 0.5) is 25.3 Å². The van der Waals surface area contributed by atoms with Gasteiger partial charge in [0.2, 0.25) is 5.69 Å². The Morgan fingerprint density at radius 1 is 1.31 bits per heavy atom. The number of nitrogens with two attached hydrogens (primary N) is 1. The minimum Gasteiger partial charge on any atom is -0.461 e. The molecule has 3 saturated heterocycles. The maximum atomic E-state index is 14.9. The molecule has 3 N–H and O–H groups in total. The van der Waals surface area contributed by atoms with Gasteiger partial charge in [-0.05, 0) is 63.9 Å². The predicted octanol–water partition coefficient (Wildman–Crippen LogP) is 6.19. The van der Waals surface area contributed by atoms with E-state index in [-0.39, 0.29) is 51.2 Å². The number of halogens is 2. The standard InChI is InChI=1S/C33H34F2N8OS/c1-4-43(25-10-12-39-18(25)2)31-22-7-6-20(21-8-9-24(35)29-26(21)28(38-3)30(37)45-29)23(15-36)27(22)40-32(41-31)44-17-33-11-5-13-42(33)16-19(34)14-33/h6-9,18-19,25,39H,4-5,10-14,16-17,37H2,1-2H3/t18-,19-,25-,33+/m1/s1. The first-order valence-electron chi connectivity index (χ1n) is 15.4. The molecule has 0 spiro atoms. The molecule has 0 bridgehead atoms. The number of benzene rings is 2. The third kappa shape index (κ3) is 4.75. The largest absolute Gasteiger partial charge is 0.461 e. The molecular formula is C33H34F2N8OS. The number of anilines is 2. The van der Waals surface area contributed by atoms with Crippen molar-refractivity contribution in [1.82, 2.24) is 20.2 Å². The van der Waals surface area contributed by atoms with Crippen LogP contribution in [0, 0.1) is 23.7 Å². The van der Waals surface area contributed by atoms with Crippen LogP contribution >= 0.6 is 11.3 Å². The molecule has 9 nitrogen and oxygen atoms in total. The van der Waals surface area contributed by atoms with Crippen LogP contribution in [-0.4, -0.2) is 71.4 Å². The fourth-order valence-corrected chi connectivity index (χ4v) is 8.69. The van der Waals surface area contributed by atoms with Crippen molar-refractivity contribution in [3.05, 3.63) is 47.1 Å². The Balaban J connectivity index is 1.41. The van der Waals surface area contributed by atoms with Crippen molar-refractivity contribution in [3.63, 3.8) is 0 Å². The van der Waals surface area contributed by atoms with Gasteiger partial charge in [0.25, 0.3) is 0 Å². The molecule has 3 aliphatic rings. The topological polar surface area (TPSA) is 108 Å². The summed E-state index contributed by atoms with van der Waals surface area (Å²) in [6.45, 7) is 15.0. The summed E-state index contributed by atoms with van der Waals surface area (Å²) < 4.78 is 36.1. The average molecular weight is 629 g/mol. The Hall–Kier alpha value is -4.10. The number of nitriles is 1. The van der Waals surface area contributed by atoms with E-state index in [1.54, 1.807) is 6.07 Å². The van der Waals surface area contributed by atoms with Crippen LogP contribution in [0.2, 0.25) is 0 Å². The maximum absolute atomic E-state index is 14.9. The molecule has 12 heteroatoms. The van der Waals surface area contributed by atoms with Gasteiger partial charge in [-0.2, -0.15) is 15.2 Å². The first-order chi connectivity index (χ1) is 21.8. The van der Waals surface area contributed by atoms with Crippen LogP contribution < -0.4 is 20.7 Å².